The molecule has 0 N–H and O–H groups in total. The molecule has 0 heterocycles. The van der Waals surface area contributed by atoms with Gasteiger partial charge in [0.1, 0.15) is 0 Å². The van der Waals surface area contributed by atoms with Crippen LogP contribution in [0.15, 0.2) is 36.4 Å². The molecule has 0 atom stereocenters. The Hall–Kier alpha value is -1.63. The molecular formula is C15H16O. The first kappa shape index (κ1) is 10.9. The summed E-state index contributed by atoms with van der Waals surface area (Å²) in [6.45, 7) is 6.08. The smallest absolute Gasteiger partial charge is 0.174 e. The van der Waals surface area contributed by atoms with E-state index in [0.717, 1.165) is 16.7 Å². The lowest BCUT2D eigenvalue weighted by Crippen LogP contribution is -2.12. The lowest BCUT2D eigenvalue weighted by atomic mass is 9.91. The second kappa shape index (κ2) is 4.09. The van der Waals surface area contributed by atoms with Crippen molar-refractivity contribution in [1.29, 1.82) is 0 Å². The highest BCUT2D eigenvalue weighted by Gasteiger charge is 2.20. The van der Waals surface area contributed by atoms with Crippen LogP contribution in [0.4, 0.5) is 0 Å². The molecule has 0 amide bonds. The van der Waals surface area contributed by atoms with Gasteiger partial charge in [-0.25, -0.2) is 0 Å². The lowest BCUT2D eigenvalue weighted by Gasteiger charge is -2.12. The highest BCUT2D eigenvalue weighted by atomic mass is 16.1. The second-order valence-corrected chi connectivity index (χ2v) is 4.43. The number of Topliss-reactive ketones (excluding diaryl/α,β-unsaturated/α-hetero) is 1. The van der Waals surface area contributed by atoms with Crippen LogP contribution < -0.4 is 0 Å². The molecule has 0 fully saturated rings. The van der Waals surface area contributed by atoms with E-state index in [2.05, 4.69) is 19.1 Å². The lowest BCUT2D eigenvalue weighted by molar-refractivity contribution is 0.0965. The number of ketones is 1. The van der Waals surface area contributed by atoms with E-state index in [-0.39, 0.29) is 11.7 Å². The molecule has 2 rings (SSSR count). The van der Waals surface area contributed by atoms with Gasteiger partial charge in [-0.15, -0.1) is 0 Å². The van der Waals surface area contributed by atoms with E-state index < -0.39 is 0 Å². The van der Waals surface area contributed by atoms with Crippen molar-refractivity contribution in [3.05, 3.63) is 58.7 Å². The predicted molar refractivity (Wildman–Crippen MR) is 66.8 cm³/mol. The highest BCUT2D eigenvalue weighted by molar-refractivity contribution is 6.02. The third-order valence-corrected chi connectivity index (χ3v) is 2.97. The van der Waals surface area contributed by atoms with Crippen molar-refractivity contribution >= 4 is 5.78 Å². The maximum atomic E-state index is 12.3. The van der Waals surface area contributed by atoms with Gasteiger partial charge in [-0.05, 0) is 31.9 Å². The van der Waals surface area contributed by atoms with Gasteiger partial charge in [0, 0.05) is 5.56 Å². The molecule has 16 heavy (non-hydrogen) atoms. The molecule has 0 unspecified atom stereocenters. The van der Waals surface area contributed by atoms with Crippen LogP contribution in [0.1, 0.15) is 27.0 Å². The molecule has 0 bridgehead atoms. The Morgan fingerprint density at radius 3 is 2.00 bits per heavy atom. The minimum Gasteiger partial charge on any atom is -0.293 e. The Kier molecular flexibility index (Phi) is 2.78. The van der Waals surface area contributed by atoms with Crippen LogP contribution in [0, 0.1) is 26.7 Å². The maximum Gasteiger partial charge on any atom is 0.174 e. The van der Waals surface area contributed by atoms with E-state index in [1.54, 1.807) is 0 Å². The SMILES string of the molecule is Cc1cc(C)c(C(=O)C2C=CC=C2)c(C)c1. The maximum absolute atomic E-state index is 12.3. The Balaban J connectivity index is 2.44. The van der Waals surface area contributed by atoms with E-state index in [9.17, 15) is 4.79 Å². The summed E-state index contributed by atoms with van der Waals surface area (Å²) < 4.78 is 0. The monoisotopic (exact) mass is 212 g/mol. The molecule has 0 spiro atoms. The Morgan fingerprint density at radius 2 is 1.50 bits per heavy atom. The summed E-state index contributed by atoms with van der Waals surface area (Å²) in [5.41, 5.74) is 4.25. The number of carbonyl (C=O) groups is 1. The van der Waals surface area contributed by atoms with Gasteiger partial charge in [-0.3, -0.25) is 4.79 Å². The zero-order valence-electron chi connectivity index (χ0n) is 9.95. The summed E-state index contributed by atoms with van der Waals surface area (Å²) in [7, 11) is 0. The van der Waals surface area contributed by atoms with E-state index in [0.29, 0.717) is 0 Å². The molecule has 0 radical (unpaired) electrons. The molecule has 0 aromatic heterocycles. The van der Waals surface area contributed by atoms with Crippen molar-refractivity contribution < 1.29 is 4.79 Å². The van der Waals surface area contributed by atoms with E-state index in [4.69, 9.17) is 0 Å². The summed E-state index contributed by atoms with van der Waals surface area (Å²) in [6.07, 6.45) is 7.75. The number of carbonyl (C=O) groups excluding carboxylic acids is 1. The van der Waals surface area contributed by atoms with Gasteiger partial charge in [0.15, 0.2) is 5.78 Å². The normalized spacial score (nSPS) is 14.7. The molecule has 1 aromatic rings. The Bertz CT molecular complexity index is 457. The van der Waals surface area contributed by atoms with Gasteiger partial charge in [-0.2, -0.15) is 0 Å². The van der Waals surface area contributed by atoms with Crippen LogP contribution >= 0.6 is 0 Å². The summed E-state index contributed by atoms with van der Waals surface area (Å²) in [5, 5.41) is 0. The van der Waals surface area contributed by atoms with E-state index >= 15 is 0 Å². The number of rotatable bonds is 2. The first-order valence-corrected chi connectivity index (χ1v) is 5.56. The van der Waals surface area contributed by atoms with Crippen molar-refractivity contribution in [1.82, 2.24) is 0 Å². The van der Waals surface area contributed by atoms with Crippen LogP contribution in [0.2, 0.25) is 0 Å². The minimum atomic E-state index is -0.0693. The third-order valence-electron chi connectivity index (χ3n) is 2.97. The molecule has 1 aromatic carbocycles. The van der Waals surface area contributed by atoms with Crippen LogP contribution in [0.3, 0.4) is 0 Å². The van der Waals surface area contributed by atoms with Crippen LogP contribution in [-0.4, -0.2) is 5.78 Å². The first-order valence-electron chi connectivity index (χ1n) is 5.56. The minimum absolute atomic E-state index is 0.0693. The number of hydrogen-bond donors (Lipinski definition) is 0. The Labute approximate surface area is 96.5 Å². The average Bonchev–Trinajstić information content (AvgIpc) is 2.67. The molecule has 1 aliphatic rings. The largest absolute Gasteiger partial charge is 0.293 e. The molecule has 0 saturated carbocycles. The number of aryl methyl sites for hydroxylation is 3. The average molecular weight is 212 g/mol. The molecule has 1 heteroatoms. The topological polar surface area (TPSA) is 17.1 Å². The van der Waals surface area contributed by atoms with Crippen molar-refractivity contribution in [2.24, 2.45) is 5.92 Å². The molecule has 82 valence electrons. The molecule has 1 aliphatic carbocycles. The van der Waals surface area contributed by atoms with Gasteiger partial charge < -0.3 is 0 Å². The first-order chi connectivity index (χ1) is 7.59. The van der Waals surface area contributed by atoms with Crippen LogP contribution in [0.25, 0.3) is 0 Å². The summed E-state index contributed by atoms with van der Waals surface area (Å²) >= 11 is 0. The van der Waals surface area contributed by atoms with E-state index in [1.807, 2.05) is 38.2 Å². The zero-order valence-corrected chi connectivity index (χ0v) is 9.95. The Morgan fingerprint density at radius 1 is 1.00 bits per heavy atom. The van der Waals surface area contributed by atoms with Crippen LogP contribution in [-0.2, 0) is 0 Å². The number of hydrogen-bond acceptors (Lipinski definition) is 1. The number of benzene rings is 1. The van der Waals surface area contributed by atoms with Gasteiger partial charge in [0.2, 0.25) is 0 Å². The molecule has 0 aliphatic heterocycles. The molecule has 0 saturated heterocycles. The summed E-state index contributed by atoms with van der Waals surface area (Å²) in [4.78, 5) is 12.3. The van der Waals surface area contributed by atoms with Gasteiger partial charge in [0.05, 0.1) is 5.92 Å². The van der Waals surface area contributed by atoms with Crippen molar-refractivity contribution in [2.45, 2.75) is 20.8 Å². The van der Waals surface area contributed by atoms with Crippen LogP contribution in [0.5, 0.6) is 0 Å². The zero-order chi connectivity index (χ0) is 11.7. The second-order valence-electron chi connectivity index (χ2n) is 4.43. The quantitative estimate of drug-likeness (QED) is 0.685. The standard InChI is InChI=1S/C15H16O/c1-10-8-11(2)14(12(3)9-10)15(16)13-6-4-5-7-13/h4-9,13H,1-3H3. The van der Waals surface area contributed by atoms with Crippen molar-refractivity contribution in [2.75, 3.05) is 0 Å². The molecule has 1 nitrogen and oxygen atoms in total. The third kappa shape index (κ3) is 1.85. The summed E-state index contributed by atoms with van der Waals surface area (Å²) in [5.74, 6) is 0.139. The predicted octanol–water partition coefficient (Wildman–Crippen LogP) is 3.54. The van der Waals surface area contributed by atoms with Crippen molar-refractivity contribution in [3.8, 4) is 0 Å². The van der Waals surface area contributed by atoms with Crippen molar-refractivity contribution in [3.63, 3.8) is 0 Å². The summed E-state index contributed by atoms with van der Waals surface area (Å²) in [6, 6.07) is 4.14. The fraction of sp³-hybridized carbons (Fsp3) is 0.267. The number of allylic oxidation sites excluding steroid dienone is 4. The fourth-order valence-corrected chi connectivity index (χ4v) is 2.34. The van der Waals surface area contributed by atoms with E-state index in [1.165, 1.54) is 5.56 Å². The van der Waals surface area contributed by atoms with Gasteiger partial charge >= 0.3 is 0 Å². The highest BCUT2D eigenvalue weighted by Crippen LogP contribution is 2.22. The molecular weight excluding hydrogens is 196 g/mol. The van der Waals surface area contributed by atoms with Gasteiger partial charge in [-0.1, -0.05) is 42.0 Å². The van der Waals surface area contributed by atoms with Gasteiger partial charge in [0.25, 0.3) is 0 Å². The fourth-order valence-electron chi connectivity index (χ4n) is 2.34.